The molecule has 28 heavy (non-hydrogen) atoms. The Balaban J connectivity index is 1.54. The summed E-state index contributed by atoms with van der Waals surface area (Å²) < 4.78 is 2.11. The van der Waals surface area contributed by atoms with Crippen LogP contribution in [0, 0.1) is 6.92 Å². The quantitative estimate of drug-likeness (QED) is 0.482. The number of halogens is 1. The van der Waals surface area contributed by atoms with Gasteiger partial charge in [0, 0.05) is 22.6 Å². The first-order chi connectivity index (χ1) is 13.6. The molecule has 8 heteroatoms. The Morgan fingerprint density at radius 2 is 2.00 bits per heavy atom. The molecule has 0 unspecified atom stereocenters. The van der Waals surface area contributed by atoms with Crippen molar-refractivity contribution in [3.8, 4) is 0 Å². The third-order valence-corrected chi connectivity index (χ3v) is 5.79. The molecule has 6 nitrogen and oxygen atoms in total. The first-order valence-corrected chi connectivity index (χ1v) is 10.2. The molecular weight excluding hydrogens is 394 g/mol. The molecule has 0 aliphatic rings. The number of benzene rings is 2. The standard InChI is InChI=1S/C20H18ClN5OS/c1-3-26-16-10-5-4-7-13(16)18-19(26)23-20(25-24-18)28-11-17(27)22-15-9-6-8-14(21)12(15)2/h4-10H,3,11H2,1-2H3,(H,22,27). The van der Waals surface area contributed by atoms with E-state index >= 15 is 0 Å². The van der Waals surface area contributed by atoms with Crippen molar-refractivity contribution in [2.24, 2.45) is 0 Å². The van der Waals surface area contributed by atoms with E-state index < -0.39 is 0 Å². The largest absolute Gasteiger partial charge is 0.325 e. The van der Waals surface area contributed by atoms with E-state index in [1.807, 2.05) is 37.3 Å². The van der Waals surface area contributed by atoms with Crippen LogP contribution in [-0.4, -0.2) is 31.4 Å². The number of hydrogen-bond acceptors (Lipinski definition) is 5. The van der Waals surface area contributed by atoms with Gasteiger partial charge in [0.15, 0.2) is 5.65 Å². The summed E-state index contributed by atoms with van der Waals surface area (Å²) in [5.74, 6) is 0.0426. The normalized spacial score (nSPS) is 11.2. The molecule has 0 aliphatic heterocycles. The second-order valence-corrected chi connectivity index (χ2v) is 7.63. The van der Waals surface area contributed by atoms with Gasteiger partial charge in [0.1, 0.15) is 5.52 Å². The summed E-state index contributed by atoms with van der Waals surface area (Å²) in [7, 11) is 0. The van der Waals surface area contributed by atoms with Crippen LogP contribution in [0.25, 0.3) is 22.1 Å². The van der Waals surface area contributed by atoms with Crippen molar-refractivity contribution >= 4 is 57.0 Å². The van der Waals surface area contributed by atoms with Gasteiger partial charge in [0.2, 0.25) is 11.1 Å². The molecule has 1 N–H and O–H groups in total. The fraction of sp³-hybridized carbons (Fsp3) is 0.200. The van der Waals surface area contributed by atoms with E-state index in [4.69, 9.17) is 11.6 Å². The fourth-order valence-corrected chi connectivity index (χ4v) is 3.89. The molecule has 0 aliphatic carbocycles. The van der Waals surface area contributed by atoms with Gasteiger partial charge in [-0.2, -0.15) is 0 Å². The van der Waals surface area contributed by atoms with Gasteiger partial charge in [0.05, 0.1) is 11.3 Å². The number of para-hydroxylation sites is 1. The van der Waals surface area contributed by atoms with E-state index in [9.17, 15) is 4.79 Å². The maximum atomic E-state index is 12.3. The molecule has 0 fully saturated rings. The van der Waals surface area contributed by atoms with E-state index in [2.05, 4.69) is 38.1 Å². The summed E-state index contributed by atoms with van der Waals surface area (Å²) in [5.41, 5.74) is 4.19. The molecule has 0 bridgehead atoms. The van der Waals surface area contributed by atoms with E-state index in [1.165, 1.54) is 11.8 Å². The SMILES string of the molecule is CCn1c2ccccc2c2nnc(SCC(=O)Nc3cccc(Cl)c3C)nc21. The molecule has 0 saturated carbocycles. The van der Waals surface area contributed by atoms with Crippen molar-refractivity contribution in [3.05, 3.63) is 53.1 Å². The number of aromatic nitrogens is 4. The second kappa shape index (κ2) is 7.77. The zero-order valence-electron chi connectivity index (χ0n) is 15.4. The third-order valence-electron chi connectivity index (χ3n) is 4.54. The van der Waals surface area contributed by atoms with Gasteiger partial charge < -0.3 is 9.88 Å². The van der Waals surface area contributed by atoms with Crippen LogP contribution in [0.2, 0.25) is 5.02 Å². The molecule has 0 atom stereocenters. The smallest absolute Gasteiger partial charge is 0.234 e. The van der Waals surface area contributed by atoms with E-state index in [1.54, 1.807) is 6.07 Å². The molecule has 4 rings (SSSR count). The van der Waals surface area contributed by atoms with E-state index in [-0.39, 0.29) is 11.7 Å². The van der Waals surface area contributed by atoms with E-state index in [0.717, 1.165) is 34.2 Å². The Hall–Kier alpha value is -2.64. The van der Waals surface area contributed by atoms with Crippen LogP contribution in [0.15, 0.2) is 47.6 Å². The van der Waals surface area contributed by atoms with Crippen LogP contribution in [0.5, 0.6) is 0 Å². The first-order valence-electron chi connectivity index (χ1n) is 8.88. The molecular formula is C20H18ClN5OS. The van der Waals surface area contributed by atoms with Crippen molar-refractivity contribution in [2.45, 2.75) is 25.5 Å². The lowest BCUT2D eigenvalue weighted by molar-refractivity contribution is -0.113. The molecule has 0 saturated heterocycles. The molecule has 0 spiro atoms. The van der Waals surface area contributed by atoms with Gasteiger partial charge in [-0.3, -0.25) is 4.79 Å². The van der Waals surface area contributed by atoms with Crippen LogP contribution in [-0.2, 0) is 11.3 Å². The number of aryl methyl sites for hydroxylation is 1. The molecule has 4 aromatic rings. The van der Waals surface area contributed by atoms with Gasteiger partial charge >= 0.3 is 0 Å². The first kappa shape index (κ1) is 18.7. The number of fused-ring (bicyclic) bond motifs is 3. The summed E-state index contributed by atoms with van der Waals surface area (Å²) in [6, 6.07) is 13.5. The number of rotatable bonds is 5. The van der Waals surface area contributed by atoms with Crippen molar-refractivity contribution in [3.63, 3.8) is 0 Å². The highest BCUT2D eigenvalue weighted by molar-refractivity contribution is 7.99. The minimum Gasteiger partial charge on any atom is -0.325 e. The molecule has 0 radical (unpaired) electrons. The number of nitrogens with one attached hydrogen (secondary N) is 1. The van der Waals surface area contributed by atoms with Crippen LogP contribution >= 0.6 is 23.4 Å². The maximum absolute atomic E-state index is 12.3. The molecule has 2 aromatic carbocycles. The number of amides is 1. The minimum absolute atomic E-state index is 0.143. The van der Waals surface area contributed by atoms with Crippen LogP contribution < -0.4 is 5.32 Å². The average molecular weight is 412 g/mol. The van der Waals surface area contributed by atoms with Gasteiger partial charge in [0.25, 0.3) is 0 Å². The van der Waals surface area contributed by atoms with Crippen molar-refractivity contribution in [1.82, 2.24) is 19.7 Å². The summed E-state index contributed by atoms with van der Waals surface area (Å²) in [5, 5.41) is 13.6. The lowest BCUT2D eigenvalue weighted by Crippen LogP contribution is -2.15. The van der Waals surface area contributed by atoms with Gasteiger partial charge in [-0.25, -0.2) is 4.98 Å². The highest BCUT2D eigenvalue weighted by Crippen LogP contribution is 2.27. The number of carbonyl (C=O) groups excluding carboxylic acids is 1. The number of thioether (sulfide) groups is 1. The highest BCUT2D eigenvalue weighted by atomic mass is 35.5. The molecule has 142 valence electrons. The number of hydrogen-bond donors (Lipinski definition) is 1. The average Bonchev–Trinajstić information content (AvgIpc) is 3.03. The van der Waals surface area contributed by atoms with Crippen LogP contribution in [0.4, 0.5) is 5.69 Å². The zero-order valence-corrected chi connectivity index (χ0v) is 17.0. The monoisotopic (exact) mass is 411 g/mol. The second-order valence-electron chi connectivity index (χ2n) is 6.28. The van der Waals surface area contributed by atoms with E-state index in [0.29, 0.717) is 15.9 Å². The fourth-order valence-electron chi connectivity index (χ4n) is 3.13. The maximum Gasteiger partial charge on any atom is 0.234 e. The summed E-state index contributed by atoms with van der Waals surface area (Å²) in [6.45, 7) is 4.72. The molecule has 2 heterocycles. The lowest BCUT2D eigenvalue weighted by Gasteiger charge is -2.09. The topological polar surface area (TPSA) is 72.7 Å². The summed E-state index contributed by atoms with van der Waals surface area (Å²) >= 11 is 7.36. The van der Waals surface area contributed by atoms with Crippen molar-refractivity contribution in [2.75, 3.05) is 11.1 Å². The summed E-state index contributed by atoms with van der Waals surface area (Å²) in [4.78, 5) is 17.0. The highest BCUT2D eigenvalue weighted by Gasteiger charge is 2.15. The molecule has 2 aromatic heterocycles. The number of carbonyl (C=O) groups is 1. The van der Waals surface area contributed by atoms with Gasteiger partial charge in [-0.05, 0) is 37.6 Å². The molecule has 1 amide bonds. The minimum atomic E-state index is -0.143. The third kappa shape index (κ3) is 3.43. The van der Waals surface area contributed by atoms with Crippen LogP contribution in [0.3, 0.4) is 0 Å². The van der Waals surface area contributed by atoms with Gasteiger partial charge in [-0.1, -0.05) is 47.6 Å². The van der Waals surface area contributed by atoms with Crippen molar-refractivity contribution in [1.29, 1.82) is 0 Å². The van der Waals surface area contributed by atoms with Gasteiger partial charge in [-0.15, -0.1) is 10.2 Å². The Bertz CT molecular complexity index is 1190. The predicted molar refractivity (Wildman–Crippen MR) is 114 cm³/mol. The van der Waals surface area contributed by atoms with Crippen LogP contribution in [0.1, 0.15) is 12.5 Å². The Morgan fingerprint density at radius 3 is 2.82 bits per heavy atom. The number of nitrogens with zero attached hydrogens (tertiary/aromatic N) is 4. The van der Waals surface area contributed by atoms with Crippen molar-refractivity contribution < 1.29 is 4.79 Å². The lowest BCUT2D eigenvalue weighted by atomic mass is 10.2. The zero-order chi connectivity index (χ0) is 19.7. The number of anilines is 1. The Labute approximate surface area is 171 Å². The summed E-state index contributed by atoms with van der Waals surface area (Å²) in [6.07, 6.45) is 0. The predicted octanol–water partition coefficient (Wildman–Crippen LogP) is 4.69. The Morgan fingerprint density at radius 1 is 1.18 bits per heavy atom. The Kier molecular flexibility index (Phi) is 5.19.